The van der Waals surface area contributed by atoms with Crippen molar-refractivity contribution < 1.29 is 9.53 Å². The average Bonchev–Trinajstić information content (AvgIpc) is 2.40. The SMILES string of the molecule is CCOC(=O)c1cccc(N2CCN(C)CC2)c1N. The van der Waals surface area contributed by atoms with Gasteiger partial charge in [0.1, 0.15) is 0 Å². The summed E-state index contributed by atoms with van der Waals surface area (Å²) < 4.78 is 5.02. The number of anilines is 2. The van der Waals surface area contributed by atoms with Crippen LogP contribution in [0.2, 0.25) is 0 Å². The van der Waals surface area contributed by atoms with Crippen molar-refractivity contribution in [1.29, 1.82) is 0 Å². The van der Waals surface area contributed by atoms with Crippen LogP contribution in [0.5, 0.6) is 0 Å². The molecule has 1 aromatic rings. The molecule has 0 saturated carbocycles. The molecule has 0 unspecified atom stereocenters. The second-order valence-corrected chi connectivity index (χ2v) is 4.75. The lowest BCUT2D eigenvalue weighted by Crippen LogP contribution is -2.44. The molecule has 1 aliphatic heterocycles. The fourth-order valence-electron chi connectivity index (χ4n) is 2.26. The van der Waals surface area contributed by atoms with Gasteiger partial charge in [-0.1, -0.05) is 6.07 Å². The second-order valence-electron chi connectivity index (χ2n) is 4.75. The molecule has 0 atom stereocenters. The lowest BCUT2D eigenvalue weighted by molar-refractivity contribution is 0.0527. The molecule has 1 aliphatic rings. The van der Waals surface area contributed by atoms with Crippen molar-refractivity contribution in [1.82, 2.24) is 4.90 Å². The predicted octanol–water partition coefficient (Wildman–Crippen LogP) is 1.20. The zero-order chi connectivity index (χ0) is 13.8. The quantitative estimate of drug-likeness (QED) is 0.656. The van der Waals surface area contributed by atoms with E-state index in [0.717, 1.165) is 31.9 Å². The highest BCUT2D eigenvalue weighted by Gasteiger charge is 2.20. The van der Waals surface area contributed by atoms with E-state index in [1.54, 1.807) is 13.0 Å². The lowest BCUT2D eigenvalue weighted by Gasteiger charge is -2.34. The minimum Gasteiger partial charge on any atom is -0.462 e. The van der Waals surface area contributed by atoms with Gasteiger partial charge in [-0.15, -0.1) is 0 Å². The van der Waals surface area contributed by atoms with E-state index in [1.165, 1.54) is 0 Å². The molecule has 0 aliphatic carbocycles. The van der Waals surface area contributed by atoms with Gasteiger partial charge in [-0.25, -0.2) is 4.79 Å². The molecule has 5 nitrogen and oxygen atoms in total. The number of benzene rings is 1. The van der Waals surface area contributed by atoms with E-state index in [2.05, 4.69) is 16.8 Å². The Labute approximate surface area is 113 Å². The summed E-state index contributed by atoms with van der Waals surface area (Å²) in [5, 5.41) is 0. The van der Waals surface area contributed by atoms with Crippen LogP contribution in [0.25, 0.3) is 0 Å². The Balaban J connectivity index is 2.22. The zero-order valence-electron chi connectivity index (χ0n) is 11.6. The molecule has 0 aromatic heterocycles. The van der Waals surface area contributed by atoms with Gasteiger partial charge in [0.15, 0.2) is 0 Å². The normalized spacial score (nSPS) is 16.4. The number of hydrogen-bond acceptors (Lipinski definition) is 5. The molecule has 0 amide bonds. The third-order valence-corrected chi connectivity index (χ3v) is 3.42. The molecule has 1 fully saturated rings. The topological polar surface area (TPSA) is 58.8 Å². The van der Waals surface area contributed by atoms with Crippen LogP contribution in [0.15, 0.2) is 18.2 Å². The fraction of sp³-hybridized carbons (Fsp3) is 0.500. The number of nitrogens with zero attached hydrogens (tertiary/aromatic N) is 2. The van der Waals surface area contributed by atoms with Gasteiger partial charge in [0.05, 0.1) is 23.5 Å². The Morgan fingerprint density at radius 3 is 2.63 bits per heavy atom. The number of para-hydroxylation sites is 1. The van der Waals surface area contributed by atoms with E-state index in [0.29, 0.717) is 17.9 Å². The van der Waals surface area contributed by atoms with Gasteiger partial charge in [-0.2, -0.15) is 0 Å². The van der Waals surface area contributed by atoms with Crippen LogP contribution in [0.4, 0.5) is 11.4 Å². The van der Waals surface area contributed by atoms with Crippen molar-refractivity contribution in [2.75, 3.05) is 50.5 Å². The fourth-order valence-corrected chi connectivity index (χ4v) is 2.26. The highest BCUT2D eigenvalue weighted by molar-refractivity contribution is 5.98. The highest BCUT2D eigenvalue weighted by Crippen LogP contribution is 2.28. The summed E-state index contributed by atoms with van der Waals surface area (Å²) in [7, 11) is 2.11. The molecule has 2 rings (SSSR count). The number of rotatable bonds is 3. The summed E-state index contributed by atoms with van der Waals surface area (Å²) in [6, 6.07) is 5.53. The van der Waals surface area contributed by atoms with E-state index in [1.807, 2.05) is 12.1 Å². The number of hydrogen-bond donors (Lipinski definition) is 1. The van der Waals surface area contributed by atoms with Crippen LogP contribution in [0.1, 0.15) is 17.3 Å². The average molecular weight is 263 g/mol. The molecule has 0 spiro atoms. The number of carbonyl (C=O) groups is 1. The Morgan fingerprint density at radius 1 is 1.32 bits per heavy atom. The molecule has 1 aromatic carbocycles. The smallest absolute Gasteiger partial charge is 0.340 e. The van der Waals surface area contributed by atoms with E-state index < -0.39 is 0 Å². The molecule has 0 bridgehead atoms. The molecule has 0 radical (unpaired) electrons. The van der Waals surface area contributed by atoms with Crippen LogP contribution in [0.3, 0.4) is 0 Å². The molecular formula is C14H21N3O2. The standard InChI is InChI=1S/C14H21N3O2/c1-3-19-14(18)11-5-4-6-12(13(11)15)17-9-7-16(2)8-10-17/h4-6H,3,7-10,15H2,1-2H3. The van der Waals surface area contributed by atoms with Gasteiger partial charge in [0.2, 0.25) is 0 Å². The van der Waals surface area contributed by atoms with Gasteiger partial charge >= 0.3 is 5.97 Å². The van der Waals surface area contributed by atoms with Gasteiger partial charge in [-0.05, 0) is 26.1 Å². The Kier molecular flexibility index (Phi) is 4.27. The van der Waals surface area contributed by atoms with Crippen molar-refractivity contribution in [3.05, 3.63) is 23.8 Å². The molecule has 104 valence electrons. The van der Waals surface area contributed by atoms with Gasteiger partial charge < -0.3 is 20.3 Å². The first-order valence-electron chi connectivity index (χ1n) is 6.62. The third kappa shape index (κ3) is 2.98. The summed E-state index contributed by atoms with van der Waals surface area (Å²) in [4.78, 5) is 16.3. The molecule has 19 heavy (non-hydrogen) atoms. The number of nitrogens with two attached hydrogens (primary N) is 1. The van der Waals surface area contributed by atoms with Crippen molar-refractivity contribution in [3.63, 3.8) is 0 Å². The number of piperazine rings is 1. The molecule has 5 heteroatoms. The maximum atomic E-state index is 11.8. The Morgan fingerprint density at radius 2 is 2.00 bits per heavy atom. The number of esters is 1. The third-order valence-electron chi connectivity index (χ3n) is 3.42. The monoisotopic (exact) mass is 263 g/mol. The highest BCUT2D eigenvalue weighted by atomic mass is 16.5. The number of carbonyl (C=O) groups excluding carboxylic acids is 1. The van der Waals surface area contributed by atoms with Crippen molar-refractivity contribution >= 4 is 17.3 Å². The van der Waals surface area contributed by atoms with E-state index in [4.69, 9.17) is 10.5 Å². The number of nitrogen functional groups attached to an aromatic ring is 1. The first kappa shape index (κ1) is 13.7. The van der Waals surface area contributed by atoms with E-state index in [-0.39, 0.29) is 5.97 Å². The zero-order valence-corrected chi connectivity index (χ0v) is 11.6. The second kappa shape index (κ2) is 5.93. The molecule has 1 saturated heterocycles. The van der Waals surface area contributed by atoms with E-state index in [9.17, 15) is 4.79 Å². The van der Waals surface area contributed by atoms with Crippen LogP contribution in [-0.4, -0.2) is 50.7 Å². The molecule has 2 N–H and O–H groups in total. The molecular weight excluding hydrogens is 242 g/mol. The first-order valence-corrected chi connectivity index (χ1v) is 6.62. The maximum absolute atomic E-state index is 11.8. The first-order chi connectivity index (χ1) is 9.13. The van der Waals surface area contributed by atoms with Crippen molar-refractivity contribution in [2.45, 2.75) is 6.92 Å². The lowest BCUT2D eigenvalue weighted by atomic mass is 10.1. The van der Waals surface area contributed by atoms with Crippen LogP contribution in [0, 0.1) is 0 Å². The van der Waals surface area contributed by atoms with Crippen LogP contribution in [-0.2, 0) is 4.74 Å². The summed E-state index contributed by atoms with van der Waals surface area (Å²) in [5.41, 5.74) is 8.03. The maximum Gasteiger partial charge on any atom is 0.340 e. The number of likely N-dealkylation sites (N-methyl/N-ethyl adjacent to an activating group) is 1. The van der Waals surface area contributed by atoms with Crippen molar-refractivity contribution in [2.24, 2.45) is 0 Å². The minimum absolute atomic E-state index is 0.351. The van der Waals surface area contributed by atoms with Crippen LogP contribution >= 0.6 is 0 Å². The largest absolute Gasteiger partial charge is 0.462 e. The number of ether oxygens (including phenoxy) is 1. The Bertz CT molecular complexity index is 454. The van der Waals surface area contributed by atoms with Gasteiger partial charge in [0.25, 0.3) is 0 Å². The predicted molar refractivity (Wildman–Crippen MR) is 76.5 cm³/mol. The summed E-state index contributed by atoms with van der Waals surface area (Å²) in [6.07, 6.45) is 0. The summed E-state index contributed by atoms with van der Waals surface area (Å²) >= 11 is 0. The Hall–Kier alpha value is -1.75. The van der Waals surface area contributed by atoms with E-state index >= 15 is 0 Å². The van der Waals surface area contributed by atoms with Crippen LogP contribution < -0.4 is 10.6 Å². The summed E-state index contributed by atoms with van der Waals surface area (Å²) in [6.45, 7) is 6.00. The minimum atomic E-state index is -0.351. The molecule has 1 heterocycles. The van der Waals surface area contributed by atoms with Gasteiger partial charge in [-0.3, -0.25) is 0 Å². The van der Waals surface area contributed by atoms with Gasteiger partial charge in [0, 0.05) is 26.2 Å². The van der Waals surface area contributed by atoms with Crippen molar-refractivity contribution in [3.8, 4) is 0 Å². The summed E-state index contributed by atoms with van der Waals surface area (Å²) in [5.74, 6) is -0.351.